The van der Waals surface area contributed by atoms with E-state index in [1.165, 1.54) is 11.1 Å². The molecule has 0 atom stereocenters. The molecule has 0 aliphatic heterocycles. The third-order valence-electron chi connectivity index (χ3n) is 2.65. The average molecular weight is 377 g/mol. The lowest BCUT2D eigenvalue weighted by Gasteiger charge is -2.11. The van der Waals surface area contributed by atoms with Gasteiger partial charge >= 0.3 is 0 Å². The van der Waals surface area contributed by atoms with E-state index in [2.05, 4.69) is 46.8 Å². The van der Waals surface area contributed by atoms with Gasteiger partial charge in [-0.15, -0.1) is 24.0 Å². The molecule has 0 aromatic heterocycles. The van der Waals surface area contributed by atoms with Crippen molar-refractivity contribution in [3.63, 3.8) is 0 Å². The van der Waals surface area contributed by atoms with Crippen LogP contribution in [0.2, 0.25) is 0 Å². The molecule has 0 heterocycles. The molecule has 0 saturated heterocycles. The van der Waals surface area contributed by atoms with Gasteiger partial charge < -0.3 is 15.4 Å². The van der Waals surface area contributed by atoms with Gasteiger partial charge in [0.2, 0.25) is 0 Å². The molecular weight excluding hydrogens is 353 g/mol. The molecule has 0 spiro atoms. The van der Waals surface area contributed by atoms with Crippen LogP contribution >= 0.6 is 24.0 Å². The molecule has 2 N–H and O–H groups in total. The van der Waals surface area contributed by atoms with E-state index in [0.29, 0.717) is 6.61 Å². The van der Waals surface area contributed by atoms with Crippen LogP contribution in [0.1, 0.15) is 11.1 Å². The van der Waals surface area contributed by atoms with Crippen molar-refractivity contribution >= 4 is 29.9 Å². The first-order valence-electron chi connectivity index (χ1n) is 6.25. The lowest BCUT2D eigenvalue weighted by Crippen LogP contribution is -2.39. The standard InChI is InChI=1S/C14H23N3O.HI/c1-12-4-6-13(7-5-12)8-9-16-14(15-2)17-10-11-18-3;/h4-7H,8-11H2,1-3H3,(H2,15,16,17);1H. The van der Waals surface area contributed by atoms with Crippen molar-refractivity contribution in [1.82, 2.24) is 10.6 Å². The first kappa shape index (κ1) is 18.2. The number of rotatable bonds is 6. The second-order valence-electron chi connectivity index (χ2n) is 4.15. The van der Waals surface area contributed by atoms with E-state index in [1.807, 2.05) is 0 Å². The smallest absolute Gasteiger partial charge is 0.191 e. The number of benzene rings is 1. The van der Waals surface area contributed by atoms with Crippen molar-refractivity contribution in [2.45, 2.75) is 13.3 Å². The summed E-state index contributed by atoms with van der Waals surface area (Å²) in [6.07, 6.45) is 0.991. The Labute approximate surface area is 133 Å². The number of hydrogen-bond acceptors (Lipinski definition) is 2. The van der Waals surface area contributed by atoms with Crippen LogP contribution in [0.3, 0.4) is 0 Å². The van der Waals surface area contributed by atoms with Crippen molar-refractivity contribution in [3.8, 4) is 0 Å². The van der Waals surface area contributed by atoms with Crippen LogP contribution in [0.5, 0.6) is 0 Å². The Kier molecular flexibility index (Phi) is 10.6. The second kappa shape index (κ2) is 11.0. The average Bonchev–Trinajstić information content (AvgIpc) is 2.39. The molecule has 0 unspecified atom stereocenters. The highest BCUT2D eigenvalue weighted by Gasteiger charge is 1.97. The number of nitrogens with one attached hydrogen (secondary N) is 2. The van der Waals surface area contributed by atoms with E-state index in [4.69, 9.17) is 4.74 Å². The zero-order chi connectivity index (χ0) is 13.2. The lowest BCUT2D eigenvalue weighted by molar-refractivity contribution is 0.203. The summed E-state index contributed by atoms with van der Waals surface area (Å²) in [5.41, 5.74) is 2.63. The van der Waals surface area contributed by atoms with Crippen molar-refractivity contribution in [1.29, 1.82) is 0 Å². The summed E-state index contributed by atoms with van der Waals surface area (Å²) in [7, 11) is 3.46. The fourth-order valence-corrected chi connectivity index (χ4v) is 1.57. The molecule has 108 valence electrons. The van der Waals surface area contributed by atoms with Gasteiger partial charge in [-0.1, -0.05) is 29.8 Å². The van der Waals surface area contributed by atoms with Gasteiger partial charge in [-0.05, 0) is 18.9 Å². The number of nitrogens with zero attached hydrogens (tertiary/aromatic N) is 1. The molecule has 0 radical (unpaired) electrons. The summed E-state index contributed by atoms with van der Waals surface area (Å²) in [6, 6.07) is 8.61. The van der Waals surface area contributed by atoms with Crippen LogP contribution in [0.15, 0.2) is 29.3 Å². The molecule has 5 heteroatoms. The largest absolute Gasteiger partial charge is 0.383 e. The van der Waals surface area contributed by atoms with Crippen LogP contribution in [0, 0.1) is 6.92 Å². The zero-order valence-electron chi connectivity index (χ0n) is 11.9. The van der Waals surface area contributed by atoms with Crippen LogP contribution in [0.25, 0.3) is 0 Å². The van der Waals surface area contributed by atoms with E-state index >= 15 is 0 Å². The molecule has 0 amide bonds. The Morgan fingerprint density at radius 2 is 1.79 bits per heavy atom. The molecule has 19 heavy (non-hydrogen) atoms. The number of halogens is 1. The third-order valence-corrected chi connectivity index (χ3v) is 2.65. The first-order valence-corrected chi connectivity index (χ1v) is 6.25. The predicted octanol–water partition coefficient (Wildman–Crippen LogP) is 1.97. The van der Waals surface area contributed by atoms with Gasteiger partial charge in [0.15, 0.2) is 5.96 Å². The molecule has 0 aliphatic carbocycles. The molecule has 0 saturated carbocycles. The Morgan fingerprint density at radius 1 is 1.16 bits per heavy atom. The zero-order valence-corrected chi connectivity index (χ0v) is 14.2. The molecule has 0 bridgehead atoms. The number of aliphatic imine (C=N–C) groups is 1. The van der Waals surface area contributed by atoms with Gasteiger partial charge in [-0.3, -0.25) is 4.99 Å². The van der Waals surface area contributed by atoms with Crippen molar-refractivity contribution < 1.29 is 4.74 Å². The summed E-state index contributed by atoms with van der Waals surface area (Å²) < 4.78 is 4.98. The van der Waals surface area contributed by atoms with Gasteiger partial charge in [0.1, 0.15) is 0 Å². The fourth-order valence-electron chi connectivity index (χ4n) is 1.57. The normalized spacial score (nSPS) is 10.8. The molecule has 1 aromatic carbocycles. The molecule has 0 fully saturated rings. The van der Waals surface area contributed by atoms with Gasteiger partial charge in [0.05, 0.1) is 6.61 Å². The highest BCUT2D eigenvalue weighted by atomic mass is 127. The van der Waals surface area contributed by atoms with E-state index in [0.717, 1.165) is 25.5 Å². The van der Waals surface area contributed by atoms with Crippen molar-refractivity contribution in [3.05, 3.63) is 35.4 Å². The van der Waals surface area contributed by atoms with Gasteiger partial charge in [-0.25, -0.2) is 0 Å². The van der Waals surface area contributed by atoms with E-state index in [-0.39, 0.29) is 24.0 Å². The fraction of sp³-hybridized carbons (Fsp3) is 0.500. The van der Waals surface area contributed by atoms with Crippen LogP contribution < -0.4 is 10.6 Å². The highest BCUT2D eigenvalue weighted by molar-refractivity contribution is 14.0. The highest BCUT2D eigenvalue weighted by Crippen LogP contribution is 2.02. The second-order valence-corrected chi connectivity index (χ2v) is 4.15. The predicted molar refractivity (Wildman–Crippen MR) is 91.5 cm³/mol. The molecule has 4 nitrogen and oxygen atoms in total. The summed E-state index contributed by atoms with van der Waals surface area (Å²) in [5.74, 6) is 0.819. The Morgan fingerprint density at radius 3 is 2.37 bits per heavy atom. The SMILES string of the molecule is CN=C(NCCOC)NCCc1ccc(C)cc1.I. The van der Waals surface area contributed by atoms with Crippen molar-refractivity contribution in [2.75, 3.05) is 33.9 Å². The topological polar surface area (TPSA) is 45.7 Å². The Hall–Kier alpha value is -0.820. The number of methoxy groups -OCH3 is 1. The monoisotopic (exact) mass is 377 g/mol. The molecule has 1 aromatic rings. The van der Waals surface area contributed by atoms with E-state index in [9.17, 15) is 0 Å². The summed E-state index contributed by atoms with van der Waals surface area (Å²) in [5, 5.41) is 6.45. The molecule has 0 aliphatic rings. The number of hydrogen-bond donors (Lipinski definition) is 2. The molecular formula is C14H24IN3O. The van der Waals surface area contributed by atoms with Crippen molar-refractivity contribution in [2.24, 2.45) is 4.99 Å². The maximum absolute atomic E-state index is 4.98. The minimum absolute atomic E-state index is 0. The maximum Gasteiger partial charge on any atom is 0.191 e. The van der Waals surface area contributed by atoms with Gasteiger partial charge in [0, 0.05) is 27.2 Å². The Bertz CT molecular complexity index is 365. The van der Waals surface area contributed by atoms with Crippen LogP contribution in [-0.4, -0.2) is 39.8 Å². The van der Waals surface area contributed by atoms with Gasteiger partial charge in [0.25, 0.3) is 0 Å². The summed E-state index contributed by atoms with van der Waals surface area (Å²) in [6.45, 7) is 4.42. The molecule has 1 rings (SSSR count). The quantitative estimate of drug-likeness (QED) is 0.345. The number of ether oxygens (including phenoxy) is 1. The van der Waals surface area contributed by atoms with Crippen LogP contribution in [0.4, 0.5) is 0 Å². The Balaban J connectivity index is 0.00000324. The van der Waals surface area contributed by atoms with Gasteiger partial charge in [-0.2, -0.15) is 0 Å². The van der Waals surface area contributed by atoms with Crippen LogP contribution in [-0.2, 0) is 11.2 Å². The number of guanidine groups is 1. The van der Waals surface area contributed by atoms with E-state index < -0.39 is 0 Å². The third kappa shape index (κ3) is 8.05. The minimum atomic E-state index is 0. The first-order chi connectivity index (χ1) is 8.76. The number of aryl methyl sites for hydroxylation is 1. The maximum atomic E-state index is 4.98. The lowest BCUT2D eigenvalue weighted by atomic mass is 10.1. The minimum Gasteiger partial charge on any atom is -0.383 e. The summed E-state index contributed by atoms with van der Waals surface area (Å²) in [4.78, 5) is 4.14. The summed E-state index contributed by atoms with van der Waals surface area (Å²) >= 11 is 0. The van der Waals surface area contributed by atoms with E-state index in [1.54, 1.807) is 14.2 Å².